The van der Waals surface area contributed by atoms with Gasteiger partial charge in [0.15, 0.2) is 16.0 Å². The summed E-state index contributed by atoms with van der Waals surface area (Å²) in [5.74, 6) is -2.30. The third-order valence-electron chi connectivity index (χ3n) is 5.02. The summed E-state index contributed by atoms with van der Waals surface area (Å²) in [4.78, 5) is 74.3. The molecule has 2 radical (unpaired) electrons. The summed E-state index contributed by atoms with van der Waals surface area (Å²) in [6, 6.07) is -0.995. The molecule has 0 spiro atoms. The first-order valence-electron chi connectivity index (χ1n) is 9.96. The molecule has 192 valence electrons. The SMILES string of the molecule is CO/N=C(/C(=O)N[C@@H]1C(=O)N2C(C(=O)O)=C(CSc3nc(=O)c(=O)[nH]n3C)CS[C@H]12)c1csc(N)n1.[Na].[Na]. The van der Waals surface area contributed by atoms with Crippen LogP contribution in [0.15, 0.2) is 36.6 Å². The van der Waals surface area contributed by atoms with Crippen molar-refractivity contribution in [1.82, 2.24) is 30.0 Å². The number of aromatic nitrogens is 4. The quantitative estimate of drug-likeness (QED) is 0.0625. The Morgan fingerprint density at radius 3 is 2.66 bits per heavy atom. The maximum absolute atomic E-state index is 12.9. The van der Waals surface area contributed by atoms with Gasteiger partial charge in [0.2, 0.25) is 0 Å². The van der Waals surface area contributed by atoms with Crippen LogP contribution in [-0.2, 0) is 26.3 Å². The Morgan fingerprint density at radius 1 is 1.34 bits per heavy atom. The van der Waals surface area contributed by atoms with Crippen molar-refractivity contribution >= 4 is 123 Å². The molecule has 15 nitrogen and oxygen atoms in total. The number of β-lactam (4-membered cyclic amide) rings is 1. The van der Waals surface area contributed by atoms with Crippen molar-refractivity contribution in [3.8, 4) is 0 Å². The predicted octanol–water partition coefficient (Wildman–Crippen LogP) is -2.37. The van der Waals surface area contributed by atoms with Crippen molar-refractivity contribution in [3.63, 3.8) is 0 Å². The number of fused-ring (bicyclic) bond motifs is 1. The number of H-pyrrole nitrogens is 1. The van der Waals surface area contributed by atoms with Gasteiger partial charge < -0.3 is 21.0 Å². The maximum atomic E-state index is 12.9. The van der Waals surface area contributed by atoms with E-state index in [2.05, 4.69) is 25.5 Å². The Labute approximate surface area is 270 Å². The Balaban J connectivity index is 0.00000253. The molecule has 0 aliphatic carbocycles. The van der Waals surface area contributed by atoms with E-state index >= 15 is 0 Å². The van der Waals surface area contributed by atoms with E-state index in [1.54, 1.807) is 0 Å². The van der Waals surface area contributed by atoms with Crippen LogP contribution in [0.3, 0.4) is 0 Å². The van der Waals surface area contributed by atoms with Gasteiger partial charge in [-0.15, -0.1) is 23.1 Å². The average molecular weight is 601 g/mol. The number of hydrogen-bond donors (Lipinski definition) is 4. The number of aromatic amines is 1. The monoisotopic (exact) mass is 600 g/mol. The first kappa shape index (κ1) is 32.6. The molecule has 1 fully saturated rings. The number of aryl methyl sites for hydroxylation is 1. The number of carbonyl (C=O) groups excluding carboxylic acids is 2. The van der Waals surface area contributed by atoms with Crippen LogP contribution in [0.25, 0.3) is 0 Å². The Morgan fingerprint density at radius 2 is 2.05 bits per heavy atom. The smallest absolute Gasteiger partial charge is 0.352 e. The molecule has 2 aliphatic heterocycles. The van der Waals surface area contributed by atoms with E-state index in [-0.39, 0.29) is 98.0 Å². The molecule has 4 heterocycles. The zero-order valence-corrected chi connectivity index (χ0v) is 27.0. The van der Waals surface area contributed by atoms with Gasteiger partial charge in [0.1, 0.15) is 29.9 Å². The molecule has 5 N–H and O–H groups in total. The number of carbonyl (C=O) groups is 3. The zero-order chi connectivity index (χ0) is 26.1. The molecule has 2 atom stereocenters. The summed E-state index contributed by atoms with van der Waals surface area (Å²) >= 11 is 3.41. The standard InChI is InChI=1S/C18H18N8O7S3.2Na/c1-25-18(22-12(28)13(29)23-25)36-4-6-3-34-15-9(14(30)26(15)10(6)16(31)32)21-11(27)8(24-33-2)7-5-35-17(19)20-7;;/h5,9,15H,3-4H2,1-2H3,(H2,19,20)(H,21,27)(H,23,29)(H,31,32);;/b24-8+;;/t9-,15-;;/m1../s1. The molecular weight excluding hydrogens is 582 g/mol. The number of amides is 2. The van der Waals surface area contributed by atoms with Crippen molar-refractivity contribution in [2.24, 2.45) is 12.2 Å². The number of thioether (sulfide) groups is 2. The van der Waals surface area contributed by atoms with Crippen molar-refractivity contribution < 1.29 is 24.3 Å². The molecular formula is C18H18N8Na2O7S3. The van der Waals surface area contributed by atoms with Crippen LogP contribution in [0.4, 0.5) is 5.13 Å². The summed E-state index contributed by atoms with van der Waals surface area (Å²) in [5, 5.41) is 19.6. The van der Waals surface area contributed by atoms with E-state index in [1.165, 1.54) is 36.0 Å². The van der Waals surface area contributed by atoms with Crippen LogP contribution in [0.2, 0.25) is 0 Å². The number of rotatable bonds is 8. The minimum Gasteiger partial charge on any atom is -0.477 e. The Hall–Kier alpha value is -1.64. The first-order valence-corrected chi connectivity index (χ1v) is 12.9. The number of oxime groups is 1. The number of thiazole rings is 1. The molecule has 0 unspecified atom stereocenters. The van der Waals surface area contributed by atoms with Gasteiger partial charge in [0.05, 0.1) is 0 Å². The van der Waals surface area contributed by atoms with Crippen LogP contribution in [0.5, 0.6) is 0 Å². The van der Waals surface area contributed by atoms with Crippen molar-refractivity contribution in [1.29, 1.82) is 0 Å². The largest absolute Gasteiger partial charge is 0.477 e. The number of nitrogen functional groups attached to an aromatic ring is 1. The number of carboxylic acids is 1. The van der Waals surface area contributed by atoms with Crippen LogP contribution in [-0.4, -0.2) is 142 Å². The van der Waals surface area contributed by atoms with Gasteiger partial charge in [-0.2, -0.15) is 4.98 Å². The summed E-state index contributed by atoms with van der Waals surface area (Å²) in [7, 11) is 2.74. The summed E-state index contributed by atoms with van der Waals surface area (Å²) < 4.78 is 1.25. The topological polar surface area (TPSA) is 215 Å². The van der Waals surface area contributed by atoms with E-state index in [9.17, 15) is 29.1 Å². The molecule has 2 aromatic heterocycles. The fraction of sp³-hybridized carbons (Fsp3) is 0.333. The van der Waals surface area contributed by atoms with Gasteiger partial charge in [0, 0.05) is 83.0 Å². The molecule has 4 rings (SSSR count). The molecule has 0 aromatic carbocycles. The van der Waals surface area contributed by atoms with Gasteiger partial charge in [0.25, 0.3) is 11.8 Å². The van der Waals surface area contributed by atoms with E-state index in [4.69, 9.17) is 10.6 Å². The number of nitrogens with zero attached hydrogens (tertiary/aromatic N) is 5. The molecule has 1 saturated heterocycles. The Kier molecular flexibility index (Phi) is 11.7. The maximum Gasteiger partial charge on any atom is 0.352 e. The molecule has 0 bridgehead atoms. The minimum atomic E-state index is -1.31. The second kappa shape index (κ2) is 13.6. The zero-order valence-electron chi connectivity index (χ0n) is 20.6. The fourth-order valence-corrected chi connectivity index (χ4v) is 6.39. The van der Waals surface area contributed by atoms with Crippen molar-refractivity contribution in [3.05, 3.63) is 43.1 Å². The van der Waals surface area contributed by atoms with Gasteiger partial charge in [-0.1, -0.05) is 16.9 Å². The number of nitrogens with two attached hydrogens (primary N) is 1. The molecule has 0 saturated carbocycles. The van der Waals surface area contributed by atoms with Crippen molar-refractivity contribution in [2.45, 2.75) is 16.6 Å². The van der Waals surface area contributed by atoms with Crippen molar-refractivity contribution in [2.75, 3.05) is 24.3 Å². The van der Waals surface area contributed by atoms with Gasteiger partial charge in [-0.25, -0.2) is 9.78 Å². The second-order valence-electron chi connectivity index (χ2n) is 7.30. The van der Waals surface area contributed by atoms with E-state index in [0.29, 0.717) is 5.57 Å². The average Bonchev–Trinajstić information content (AvgIpc) is 3.27. The second-order valence-corrected chi connectivity index (χ2v) is 10.2. The number of nitrogens with one attached hydrogen (secondary N) is 2. The summed E-state index contributed by atoms with van der Waals surface area (Å²) in [6.07, 6.45) is 0. The third-order valence-corrected chi connectivity index (χ3v) is 8.15. The van der Waals surface area contributed by atoms with Gasteiger partial charge >= 0.3 is 17.1 Å². The fourth-order valence-electron chi connectivity index (χ4n) is 3.44. The predicted molar refractivity (Wildman–Crippen MR) is 142 cm³/mol. The summed E-state index contributed by atoms with van der Waals surface area (Å²) in [5.41, 5.74) is 4.00. The molecule has 2 amide bonds. The van der Waals surface area contributed by atoms with Gasteiger partial charge in [-0.05, 0) is 5.57 Å². The number of carboxylic acid groups (broad SMARTS) is 1. The van der Waals surface area contributed by atoms with Crippen LogP contribution in [0.1, 0.15) is 5.69 Å². The van der Waals surface area contributed by atoms with E-state index in [1.807, 2.05) is 0 Å². The Bertz CT molecular complexity index is 1440. The first-order chi connectivity index (χ1) is 17.1. The molecule has 38 heavy (non-hydrogen) atoms. The van der Waals surface area contributed by atoms with Crippen LogP contribution >= 0.6 is 34.9 Å². The van der Waals surface area contributed by atoms with Gasteiger partial charge in [-0.3, -0.25) is 33.9 Å². The van der Waals surface area contributed by atoms with Crippen LogP contribution in [0, 0.1) is 0 Å². The van der Waals surface area contributed by atoms with Crippen LogP contribution < -0.4 is 22.2 Å². The normalized spacial score (nSPS) is 18.5. The number of hydrogen-bond acceptors (Lipinski definition) is 13. The molecule has 20 heteroatoms. The third kappa shape index (κ3) is 6.56. The van der Waals surface area contributed by atoms with E-state index < -0.39 is 40.3 Å². The number of anilines is 1. The molecule has 2 aliphatic rings. The molecule has 2 aromatic rings. The van der Waals surface area contributed by atoms with E-state index in [0.717, 1.165) is 28.0 Å². The minimum absolute atomic E-state index is 0. The number of aliphatic carboxylic acids is 1. The summed E-state index contributed by atoms with van der Waals surface area (Å²) in [6.45, 7) is 0.